The van der Waals surface area contributed by atoms with Crippen LogP contribution >= 0.6 is 0 Å². The fraction of sp³-hybridized carbons (Fsp3) is 0.190. The number of aryl methyl sites for hydroxylation is 3. The smallest absolute Gasteiger partial charge is 0.274 e. The summed E-state index contributed by atoms with van der Waals surface area (Å²) in [4.78, 5) is 21.3. The highest BCUT2D eigenvalue weighted by Gasteiger charge is 2.12. The molecule has 0 bridgehead atoms. The summed E-state index contributed by atoms with van der Waals surface area (Å²) in [5, 5.41) is 6.10. The molecular formula is C21H22N4O2. The molecule has 1 amide bonds. The Balaban J connectivity index is 1.82. The molecule has 0 radical (unpaired) electrons. The van der Waals surface area contributed by atoms with Crippen molar-refractivity contribution in [2.24, 2.45) is 0 Å². The molecule has 0 spiro atoms. The summed E-state index contributed by atoms with van der Waals surface area (Å²) < 4.78 is 5.23. The van der Waals surface area contributed by atoms with Gasteiger partial charge < -0.3 is 15.4 Å². The maximum atomic E-state index is 12.7. The van der Waals surface area contributed by atoms with E-state index in [0.717, 1.165) is 28.3 Å². The van der Waals surface area contributed by atoms with Crippen molar-refractivity contribution >= 4 is 23.1 Å². The van der Waals surface area contributed by atoms with Crippen molar-refractivity contribution in [3.63, 3.8) is 0 Å². The molecule has 0 aliphatic heterocycles. The van der Waals surface area contributed by atoms with Crippen LogP contribution in [0, 0.1) is 20.8 Å². The minimum absolute atomic E-state index is 0.277. The van der Waals surface area contributed by atoms with E-state index in [0.29, 0.717) is 17.3 Å². The number of nitrogens with zero attached hydrogens (tertiary/aromatic N) is 2. The van der Waals surface area contributed by atoms with Crippen LogP contribution in [0.1, 0.15) is 27.4 Å². The van der Waals surface area contributed by atoms with Crippen molar-refractivity contribution in [2.75, 3.05) is 17.7 Å². The van der Waals surface area contributed by atoms with Crippen molar-refractivity contribution in [3.8, 4) is 5.75 Å². The van der Waals surface area contributed by atoms with E-state index in [2.05, 4.69) is 20.6 Å². The number of benzene rings is 2. The maximum Gasteiger partial charge on any atom is 0.274 e. The third kappa shape index (κ3) is 4.61. The van der Waals surface area contributed by atoms with Gasteiger partial charge in [-0.3, -0.25) is 4.79 Å². The lowest BCUT2D eigenvalue weighted by Gasteiger charge is -2.11. The van der Waals surface area contributed by atoms with Gasteiger partial charge in [0.25, 0.3) is 5.91 Å². The topological polar surface area (TPSA) is 76.1 Å². The number of methoxy groups -OCH3 is 1. The minimum atomic E-state index is -0.277. The Bertz CT molecular complexity index is 986. The molecule has 0 saturated heterocycles. The summed E-state index contributed by atoms with van der Waals surface area (Å²) in [6, 6.07) is 15.0. The van der Waals surface area contributed by atoms with Crippen LogP contribution in [0.3, 0.4) is 0 Å². The van der Waals surface area contributed by atoms with Gasteiger partial charge in [0, 0.05) is 23.5 Å². The summed E-state index contributed by atoms with van der Waals surface area (Å²) in [7, 11) is 1.61. The number of carbonyl (C=O) groups excluding carboxylic acids is 1. The molecule has 6 nitrogen and oxygen atoms in total. The molecule has 2 N–H and O–H groups in total. The van der Waals surface area contributed by atoms with Crippen LogP contribution in [0.15, 0.2) is 48.5 Å². The maximum absolute atomic E-state index is 12.7. The van der Waals surface area contributed by atoms with Gasteiger partial charge in [-0.1, -0.05) is 23.8 Å². The Morgan fingerprint density at radius 3 is 2.56 bits per heavy atom. The number of hydrogen-bond acceptors (Lipinski definition) is 5. The molecule has 3 rings (SSSR count). The highest BCUT2D eigenvalue weighted by molar-refractivity contribution is 6.03. The first kappa shape index (κ1) is 18.4. The third-order valence-corrected chi connectivity index (χ3v) is 4.04. The molecular weight excluding hydrogens is 340 g/mol. The average Bonchev–Trinajstić information content (AvgIpc) is 2.63. The van der Waals surface area contributed by atoms with E-state index in [-0.39, 0.29) is 5.91 Å². The van der Waals surface area contributed by atoms with Crippen LogP contribution in [0.5, 0.6) is 5.75 Å². The van der Waals surface area contributed by atoms with Gasteiger partial charge in [-0.05, 0) is 44.5 Å². The van der Waals surface area contributed by atoms with Gasteiger partial charge in [0.05, 0.1) is 7.11 Å². The first-order chi connectivity index (χ1) is 12.9. The lowest BCUT2D eigenvalue weighted by Crippen LogP contribution is -2.16. The molecule has 2 aromatic carbocycles. The van der Waals surface area contributed by atoms with Crippen LogP contribution in [-0.4, -0.2) is 23.0 Å². The second-order valence-corrected chi connectivity index (χ2v) is 6.32. The second-order valence-electron chi connectivity index (χ2n) is 6.32. The number of nitrogens with one attached hydrogen (secondary N) is 2. The van der Waals surface area contributed by atoms with Gasteiger partial charge >= 0.3 is 0 Å². The van der Waals surface area contributed by atoms with Crippen molar-refractivity contribution in [2.45, 2.75) is 20.8 Å². The highest BCUT2D eigenvalue weighted by Crippen LogP contribution is 2.21. The average molecular weight is 362 g/mol. The number of aromatic nitrogens is 2. The van der Waals surface area contributed by atoms with E-state index in [1.165, 1.54) is 0 Å². The van der Waals surface area contributed by atoms with E-state index >= 15 is 0 Å². The van der Waals surface area contributed by atoms with Crippen molar-refractivity contribution in [1.29, 1.82) is 0 Å². The fourth-order valence-electron chi connectivity index (χ4n) is 2.74. The number of ether oxygens (including phenoxy) is 1. The van der Waals surface area contributed by atoms with Crippen molar-refractivity contribution in [1.82, 2.24) is 9.97 Å². The van der Waals surface area contributed by atoms with Gasteiger partial charge in [-0.25, -0.2) is 9.97 Å². The normalized spacial score (nSPS) is 10.4. The summed E-state index contributed by atoms with van der Waals surface area (Å²) >= 11 is 0. The molecule has 0 aliphatic carbocycles. The van der Waals surface area contributed by atoms with Crippen LogP contribution in [-0.2, 0) is 0 Å². The Morgan fingerprint density at radius 1 is 1.00 bits per heavy atom. The van der Waals surface area contributed by atoms with Gasteiger partial charge in [-0.2, -0.15) is 0 Å². The number of hydrogen-bond donors (Lipinski definition) is 2. The zero-order valence-electron chi connectivity index (χ0n) is 15.8. The molecule has 1 aromatic heterocycles. The Labute approximate surface area is 158 Å². The van der Waals surface area contributed by atoms with Gasteiger partial charge in [0.15, 0.2) is 0 Å². The standard InChI is InChI=1S/C21H22N4O2/c1-13-8-9-18(14(2)10-13)25-21(26)19-12-20(23-15(3)22-19)24-16-6-5-7-17(11-16)27-4/h5-12H,1-4H3,(H,25,26)(H,22,23,24). The molecule has 0 unspecified atom stereocenters. The Kier molecular flexibility index (Phi) is 5.35. The van der Waals surface area contributed by atoms with Gasteiger partial charge in [-0.15, -0.1) is 0 Å². The number of anilines is 3. The van der Waals surface area contributed by atoms with E-state index in [9.17, 15) is 4.79 Å². The van der Waals surface area contributed by atoms with Gasteiger partial charge in [0.2, 0.25) is 0 Å². The number of rotatable bonds is 5. The zero-order chi connectivity index (χ0) is 19.4. The first-order valence-electron chi connectivity index (χ1n) is 8.60. The quantitative estimate of drug-likeness (QED) is 0.703. The predicted molar refractivity (Wildman–Crippen MR) is 107 cm³/mol. The van der Waals surface area contributed by atoms with Crippen LogP contribution in [0.2, 0.25) is 0 Å². The molecule has 0 atom stereocenters. The summed E-state index contributed by atoms with van der Waals surface area (Å²) in [5.41, 5.74) is 4.03. The zero-order valence-corrected chi connectivity index (χ0v) is 15.8. The third-order valence-electron chi connectivity index (χ3n) is 4.04. The van der Waals surface area contributed by atoms with E-state index in [4.69, 9.17) is 4.74 Å². The lowest BCUT2D eigenvalue weighted by atomic mass is 10.1. The summed E-state index contributed by atoms with van der Waals surface area (Å²) in [5.74, 6) is 1.51. The largest absolute Gasteiger partial charge is 0.497 e. The highest BCUT2D eigenvalue weighted by atomic mass is 16.5. The SMILES string of the molecule is COc1cccc(Nc2cc(C(=O)Nc3ccc(C)cc3C)nc(C)n2)c1. The predicted octanol–water partition coefficient (Wildman–Crippen LogP) is 4.41. The molecule has 27 heavy (non-hydrogen) atoms. The second kappa shape index (κ2) is 7.86. The Hall–Kier alpha value is -3.41. The first-order valence-corrected chi connectivity index (χ1v) is 8.60. The van der Waals surface area contributed by atoms with Crippen LogP contribution < -0.4 is 15.4 Å². The molecule has 3 aromatic rings. The molecule has 0 aliphatic rings. The Morgan fingerprint density at radius 2 is 1.81 bits per heavy atom. The van der Waals surface area contributed by atoms with Crippen molar-refractivity contribution < 1.29 is 9.53 Å². The molecule has 0 saturated carbocycles. The molecule has 1 heterocycles. The van der Waals surface area contributed by atoms with E-state index in [1.807, 2.05) is 56.3 Å². The molecule has 138 valence electrons. The monoisotopic (exact) mass is 362 g/mol. The van der Waals surface area contributed by atoms with E-state index < -0.39 is 0 Å². The fourth-order valence-corrected chi connectivity index (χ4v) is 2.74. The van der Waals surface area contributed by atoms with Crippen LogP contribution in [0.4, 0.5) is 17.2 Å². The molecule has 0 fully saturated rings. The summed E-state index contributed by atoms with van der Waals surface area (Å²) in [6.07, 6.45) is 0. The van der Waals surface area contributed by atoms with Crippen molar-refractivity contribution in [3.05, 3.63) is 71.2 Å². The molecule has 6 heteroatoms. The number of amides is 1. The van der Waals surface area contributed by atoms with E-state index in [1.54, 1.807) is 20.1 Å². The van der Waals surface area contributed by atoms with Crippen LogP contribution in [0.25, 0.3) is 0 Å². The van der Waals surface area contributed by atoms with Gasteiger partial charge in [0.1, 0.15) is 23.1 Å². The number of carbonyl (C=O) groups is 1. The minimum Gasteiger partial charge on any atom is -0.497 e. The summed E-state index contributed by atoms with van der Waals surface area (Å²) in [6.45, 7) is 5.73. The lowest BCUT2D eigenvalue weighted by molar-refractivity contribution is 0.102.